The monoisotopic (exact) mass is 344 g/mol. The number of hydrogen-bond donors (Lipinski definition) is 2. The normalized spacial score (nSPS) is 37.8. The van der Waals surface area contributed by atoms with Gasteiger partial charge < -0.3 is 15.4 Å². The number of rotatable bonds is 0. The molecule has 0 radical (unpaired) electrons. The molecule has 2 aliphatic heterocycles. The average molecular weight is 344 g/mol. The first-order valence-corrected chi connectivity index (χ1v) is 9.16. The molecule has 3 unspecified atom stereocenters. The summed E-state index contributed by atoms with van der Waals surface area (Å²) in [6, 6.07) is 6.11. The highest BCUT2D eigenvalue weighted by Crippen LogP contribution is 2.52. The zero-order chi connectivity index (χ0) is 17.1. The van der Waals surface area contributed by atoms with Crippen molar-refractivity contribution in [2.75, 3.05) is 0 Å². The first kappa shape index (κ1) is 15.9. The van der Waals surface area contributed by atoms with Gasteiger partial charge in [-0.25, -0.2) is 0 Å². The maximum atomic E-state index is 12.9. The van der Waals surface area contributed by atoms with Gasteiger partial charge in [0, 0.05) is 12.0 Å². The number of ether oxygens (including phenoxy) is 1. The van der Waals surface area contributed by atoms with Gasteiger partial charge in [-0.1, -0.05) is 25.5 Å². The molecule has 1 aromatic rings. The molecule has 5 heteroatoms. The van der Waals surface area contributed by atoms with E-state index in [-0.39, 0.29) is 11.5 Å². The highest BCUT2D eigenvalue weighted by Gasteiger charge is 2.58. The minimum atomic E-state index is -0.798. The summed E-state index contributed by atoms with van der Waals surface area (Å²) in [7, 11) is 0. The molecule has 24 heavy (non-hydrogen) atoms. The van der Waals surface area contributed by atoms with E-state index in [0.29, 0.717) is 23.4 Å². The Hall–Kier alpha value is -1.62. The van der Waals surface area contributed by atoms with Crippen LogP contribution in [-0.2, 0) is 10.3 Å². The summed E-state index contributed by atoms with van der Waals surface area (Å²) in [4.78, 5) is 12.9. The summed E-state index contributed by atoms with van der Waals surface area (Å²) in [6.45, 7) is 6.60. The molecular weight excluding hydrogens is 320 g/mol. The fraction of sp³-hybridized carbons (Fsp3) is 0.579. The molecule has 0 bridgehead atoms. The molecule has 3 atom stereocenters. The number of benzene rings is 1. The molecule has 0 aromatic heterocycles. The van der Waals surface area contributed by atoms with Gasteiger partial charge in [-0.05, 0) is 62.4 Å². The second-order valence-electron chi connectivity index (χ2n) is 8.13. The van der Waals surface area contributed by atoms with Gasteiger partial charge in [0.2, 0.25) is 0 Å². The fourth-order valence-corrected chi connectivity index (χ4v) is 5.42. The van der Waals surface area contributed by atoms with Crippen molar-refractivity contribution in [3.63, 3.8) is 0 Å². The lowest BCUT2D eigenvalue weighted by Gasteiger charge is -2.50. The predicted octanol–water partition coefficient (Wildman–Crippen LogP) is 3.17. The molecule has 1 aliphatic carbocycles. The Morgan fingerprint density at radius 1 is 1.25 bits per heavy atom. The van der Waals surface area contributed by atoms with Crippen LogP contribution in [0.3, 0.4) is 0 Å². The minimum absolute atomic E-state index is 0.0482. The Kier molecular flexibility index (Phi) is 3.43. The predicted molar refractivity (Wildman–Crippen MR) is 96.9 cm³/mol. The Labute approximate surface area is 148 Å². The Morgan fingerprint density at radius 3 is 2.58 bits per heavy atom. The molecule has 128 valence electrons. The van der Waals surface area contributed by atoms with Crippen LogP contribution in [0.2, 0.25) is 0 Å². The standard InChI is InChI=1S/C19H24N2O2S/c1-11-4-5-15-14(7-11)19(16(22)20-17(24)21-19)10-18(23-15)8-12(2)6-13(3)9-18/h4-5,7,12-13H,6,8-10H2,1-3H3,(H2,20,21,22,24). The minimum Gasteiger partial charge on any atom is -0.487 e. The van der Waals surface area contributed by atoms with Crippen LogP contribution in [0, 0.1) is 18.8 Å². The van der Waals surface area contributed by atoms with Gasteiger partial charge in [0.25, 0.3) is 5.91 Å². The number of aryl methyl sites for hydroxylation is 1. The molecule has 4 rings (SSSR count). The molecule has 2 spiro atoms. The van der Waals surface area contributed by atoms with E-state index >= 15 is 0 Å². The Balaban J connectivity index is 1.86. The second kappa shape index (κ2) is 5.19. The molecule has 2 N–H and O–H groups in total. The van der Waals surface area contributed by atoms with Crippen molar-refractivity contribution in [2.45, 2.75) is 57.6 Å². The zero-order valence-corrected chi connectivity index (χ0v) is 15.3. The van der Waals surface area contributed by atoms with Crippen molar-refractivity contribution in [1.29, 1.82) is 0 Å². The third-order valence-corrected chi connectivity index (χ3v) is 5.90. The topological polar surface area (TPSA) is 50.4 Å². The number of amides is 1. The van der Waals surface area contributed by atoms with Crippen molar-refractivity contribution in [1.82, 2.24) is 10.6 Å². The van der Waals surface area contributed by atoms with Gasteiger partial charge in [0.1, 0.15) is 11.4 Å². The van der Waals surface area contributed by atoms with Crippen molar-refractivity contribution in [3.8, 4) is 5.75 Å². The fourth-order valence-electron chi connectivity index (χ4n) is 5.15. The third kappa shape index (κ3) is 2.32. The summed E-state index contributed by atoms with van der Waals surface area (Å²) < 4.78 is 6.56. The maximum absolute atomic E-state index is 12.9. The molecule has 4 nitrogen and oxygen atoms in total. The van der Waals surface area contributed by atoms with Crippen LogP contribution in [-0.4, -0.2) is 16.6 Å². The molecule has 3 aliphatic rings. The largest absolute Gasteiger partial charge is 0.487 e. The summed E-state index contributed by atoms with van der Waals surface area (Å²) in [5, 5.41) is 6.52. The van der Waals surface area contributed by atoms with E-state index in [4.69, 9.17) is 17.0 Å². The molecule has 1 amide bonds. The molecule has 1 saturated carbocycles. The number of hydrogen-bond acceptors (Lipinski definition) is 3. The van der Waals surface area contributed by atoms with Crippen molar-refractivity contribution < 1.29 is 9.53 Å². The number of thiocarbonyl (C=S) groups is 1. The number of fused-ring (bicyclic) bond motifs is 2. The van der Waals surface area contributed by atoms with Crippen LogP contribution < -0.4 is 15.4 Å². The van der Waals surface area contributed by atoms with Gasteiger partial charge in [-0.3, -0.25) is 4.79 Å². The highest BCUT2D eigenvalue weighted by molar-refractivity contribution is 7.80. The number of carbonyl (C=O) groups excluding carboxylic acids is 1. The van der Waals surface area contributed by atoms with Crippen molar-refractivity contribution in [2.24, 2.45) is 11.8 Å². The van der Waals surface area contributed by atoms with Crippen LogP contribution in [0.1, 0.15) is 50.7 Å². The molecular formula is C19H24N2O2S. The van der Waals surface area contributed by atoms with Crippen LogP contribution in [0.4, 0.5) is 0 Å². The van der Waals surface area contributed by atoms with E-state index < -0.39 is 5.54 Å². The van der Waals surface area contributed by atoms with Crippen LogP contribution >= 0.6 is 12.2 Å². The highest BCUT2D eigenvalue weighted by atomic mass is 32.1. The average Bonchev–Trinajstić information content (AvgIpc) is 2.73. The second-order valence-corrected chi connectivity index (χ2v) is 8.54. The number of carbonyl (C=O) groups is 1. The summed E-state index contributed by atoms with van der Waals surface area (Å²) in [5.41, 5.74) is 0.929. The SMILES string of the molecule is Cc1ccc2c(c1)C1(CC3(CC(C)CC(C)C3)O2)NC(=S)NC1=O. The van der Waals surface area contributed by atoms with Gasteiger partial charge >= 0.3 is 0 Å². The van der Waals surface area contributed by atoms with E-state index in [1.807, 2.05) is 19.1 Å². The summed E-state index contributed by atoms with van der Waals surface area (Å²) >= 11 is 5.26. The first-order chi connectivity index (χ1) is 11.3. The third-order valence-electron chi connectivity index (χ3n) is 5.70. The lowest BCUT2D eigenvalue weighted by Crippen LogP contribution is -2.57. The van der Waals surface area contributed by atoms with Crippen LogP contribution in [0.5, 0.6) is 5.75 Å². The molecule has 2 heterocycles. The quantitative estimate of drug-likeness (QED) is 0.710. The molecule has 1 aromatic carbocycles. The van der Waals surface area contributed by atoms with Gasteiger partial charge in [-0.15, -0.1) is 0 Å². The van der Waals surface area contributed by atoms with Crippen molar-refractivity contribution in [3.05, 3.63) is 29.3 Å². The van der Waals surface area contributed by atoms with E-state index in [0.717, 1.165) is 29.7 Å². The molecule has 2 fully saturated rings. The van der Waals surface area contributed by atoms with E-state index in [1.165, 1.54) is 6.42 Å². The smallest absolute Gasteiger partial charge is 0.256 e. The van der Waals surface area contributed by atoms with Crippen LogP contribution in [0.25, 0.3) is 0 Å². The lowest BCUT2D eigenvalue weighted by atomic mass is 9.66. The Bertz CT molecular complexity index is 722. The van der Waals surface area contributed by atoms with Gasteiger partial charge in [0.15, 0.2) is 10.7 Å². The Morgan fingerprint density at radius 2 is 1.96 bits per heavy atom. The van der Waals surface area contributed by atoms with Gasteiger partial charge in [-0.2, -0.15) is 0 Å². The first-order valence-electron chi connectivity index (χ1n) is 8.76. The van der Waals surface area contributed by atoms with Crippen molar-refractivity contribution >= 4 is 23.2 Å². The number of nitrogens with one attached hydrogen (secondary N) is 2. The van der Waals surface area contributed by atoms with Crippen LogP contribution in [0.15, 0.2) is 18.2 Å². The molecule has 1 saturated heterocycles. The van der Waals surface area contributed by atoms with Gasteiger partial charge in [0.05, 0.1) is 0 Å². The lowest BCUT2D eigenvalue weighted by molar-refractivity contribution is -0.130. The maximum Gasteiger partial charge on any atom is 0.256 e. The van der Waals surface area contributed by atoms with E-state index in [2.05, 4.69) is 30.5 Å². The van der Waals surface area contributed by atoms with E-state index in [9.17, 15) is 4.79 Å². The van der Waals surface area contributed by atoms with E-state index in [1.54, 1.807) is 0 Å². The zero-order valence-electron chi connectivity index (χ0n) is 14.4. The summed E-state index contributed by atoms with van der Waals surface area (Å²) in [5.74, 6) is 1.96. The summed E-state index contributed by atoms with van der Waals surface area (Å²) in [6.07, 6.45) is 3.82.